The SMILES string of the molecule is Cc1nc(NN)c(C)c(OCc2ccccc2F)n1. The number of nitrogens with zero attached hydrogens (tertiary/aromatic N) is 2. The molecule has 2 aromatic rings. The largest absolute Gasteiger partial charge is 0.472 e. The number of aryl methyl sites for hydroxylation is 1. The van der Waals surface area contributed by atoms with Crippen molar-refractivity contribution in [2.75, 3.05) is 5.43 Å². The summed E-state index contributed by atoms with van der Waals surface area (Å²) in [5, 5.41) is 0. The first-order valence-corrected chi connectivity index (χ1v) is 5.80. The maximum absolute atomic E-state index is 13.5. The summed E-state index contributed by atoms with van der Waals surface area (Å²) in [6.07, 6.45) is 0. The highest BCUT2D eigenvalue weighted by molar-refractivity contribution is 5.47. The van der Waals surface area contributed by atoms with Gasteiger partial charge in [-0.2, -0.15) is 4.98 Å². The van der Waals surface area contributed by atoms with E-state index in [4.69, 9.17) is 10.6 Å². The normalized spacial score (nSPS) is 10.3. The average molecular weight is 262 g/mol. The average Bonchev–Trinajstić information content (AvgIpc) is 2.41. The summed E-state index contributed by atoms with van der Waals surface area (Å²) in [6.45, 7) is 3.62. The number of hydrogen-bond acceptors (Lipinski definition) is 5. The Balaban J connectivity index is 2.20. The molecule has 0 aliphatic carbocycles. The van der Waals surface area contributed by atoms with Crippen LogP contribution in [0.5, 0.6) is 5.88 Å². The highest BCUT2D eigenvalue weighted by Crippen LogP contribution is 2.22. The predicted octanol–water partition coefficient (Wildman–Crippen LogP) is 2.10. The summed E-state index contributed by atoms with van der Waals surface area (Å²) >= 11 is 0. The van der Waals surface area contributed by atoms with Gasteiger partial charge in [0.1, 0.15) is 24.1 Å². The molecule has 0 spiro atoms. The van der Waals surface area contributed by atoms with Crippen LogP contribution in [0.1, 0.15) is 17.0 Å². The molecule has 1 aromatic carbocycles. The van der Waals surface area contributed by atoms with Crippen LogP contribution in [0.2, 0.25) is 0 Å². The first kappa shape index (κ1) is 13.2. The number of benzene rings is 1. The Hall–Kier alpha value is -2.21. The highest BCUT2D eigenvalue weighted by Gasteiger charge is 2.10. The fraction of sp³-hybridized carbons (Fsp3) is 0.231. The molecule has 19 heavy (non-hydrogen) atoms. The van der Waals surface area contributed by atoms with E-state index in [1.54, 1.807) is 32.0 Å². The molecule has 2 rings (SSSR count). The molecule has 0 bridgehead atoms. The van der Waals surface area contributed by atoms with Gasteiger partial charge >= 0.3 is 0 Å². The van der Waals surface area contributed by atoms with Crippen LogP contribution in [0, 0.1) is 19.7 Å². The lowest BCUT2D eigenvalue weighted by molar-refractivity contribution is 0.285. The number of hydrogen-bond donors (Lipinski definition) is 2. The highest BCUT2D eigenvalue weighted by atomic mass is 19.1. The summed E-state index contributed by atoms with van der Waals surface area (Å²) in [7, 11) is 0. The van der Waals surface area contributed by atoms with Gasteiger partial charge in [-0.1, -0.05) is 18.2 Å². The van der Waals surface area contributed by atoms with E-state index in [2.05, 4.69) is 15.4 Å². The second-order valence-corrected chi connectivity index (χ2v) is 4.07. The van der Waals surface area contributed by atoms with Gasteiger partial charge in [0.2, 0.25) is 5.88 Å². The van der Waals surface area contributed by atoms with Crippen LogP contribution >= 0.6 is 0 Å². The van der Waals surface area contributed by atoms with E-state index in [0.29, 0.717) is 28.6 Å². The van der Waals surface area contributed by atoms with E-state index in [0.717, 1.165) is 0 Å². The first-order valence-electron chi connectivity index (χ1n) is 5.80. The van der Waals surface area contributed by atoms with Gasteiger partial charge in [0.25, 0.3) is 0 Å². The van der Waals surface area contributed by atoms with Crippen LogP contribution in [0.25, 0.3) is 0 Å². The van der Waals surface area contributed by atoms with Crippen molar-refractivity contribution in [2.24, 2.45) is 5.84 Å². The van der Waals surface area contributed by atoms with E-state index in [-0.39, 0.29) is 12.4 Å². The van der Waals surface area contributed by atoms with E-state index in [1.807, 2.05) is 0 Å². The number of nitrogens with two attached hydrogens (primary N) is 1. The molecule has 0 aliphatic heterocycles. The van der Waals surface area contributed by atoms with Gasteiger partial charge in [-0.05, 0) is 19.9 Å². The number of hydrazine groups is 1. The van der Waals surface area contributed by atoms with Crippen LogP contribution in [-0.4, -0.2) is 9.97 Å². The van der Waals surface area contributed by atoms with Gasteiger partial charge in [-0.25, -0.2) is 15.2 Å². The fourth-order valence-corrected chi connectivity index (χ4v) is 1.65. The summed E-state index contributed by atoms with van der Waals surface area (Å²) < 4.78 is 19.0. The second kappa shape index (κ2) is 5.62. The van der Waals surface area contributed by atoms with Crippen molar-refractivity contribution < 1.29 is 9.13 Å². The van der Waals surface area contributed by atoms with Crippen LogP contribution in [-0.2, 0) is 6.61 Å². The van der Waals surface area contributed by atoms with Gasteiger partial charge < -0.3 is 10.2 Å². The lowest BCUT2D eigenvalue weighted by atomic mass is 10.2. The number of anilines is 1. The Labute approximate surface area is 110 Å². The monoisotopic (exact) mass is 262 g/mol. The minimum atomic E-state index is -0.303. The smallest absolute Gasteiger partial charge is 0.222 e. The standard InChI is InChI=1S/C13H15FN4O/c1-8-12(18-15)16-9(2)17-13(8)19-7-10-5-3-4-6-11(10)14/h3-6H,7,15H2,1-2H3,(H,16,17,18). The molecule has 0 atom stereocenters. The van der Waals surface area contributed by atoms with Gasteiger partial charge in [0.05, 0.1) is 5.56 Å². The van der Waals surface area contributed by atoms with Gasteiger partial charge in [0.15, 0.2) is 0 Å². The maximum atomic E-state index is 13.5. The minimum absolute atomic E-state index is 0.105. The minimum Gasteiger partial charge on any atom is -0.472 e. The Bertz CT molecular complexity index is 589. The third-order valence-electron chi connectivity index (χ3n) is 2.67. The lowest BCUT2D eigenvalue weighted by Crippen LogP contribution is -2.13. The molecule has 0 aliphatic rings. The molecule has 1 aromatic heterocycles. The summed E-state index contributed by atoms with van der Waals surface area (Å²) in [5.41, 5.74) is 3.64. The zero-order valence-electron chi connectivity index (χ0n) is 10.8. The predicted molar refractivity (Wildman–Crippen MR) is 70.0 cm³/mol. The van der Waals surface area contributed by atoms with E-state index >= 15 is 0 Å². The number of aromatic nitrogens is 2. The molecule has 6 heteroatoms. The van der Waals surface area contributed by atoms with Crippen LogP contribution in [0.3, 0.4) is 0 Å². The van der Waals surface area contributed by atoms with Crippen molar-refractivity contribution >= 4 is 5.82 Å². The fourth-order valence-electron chi connectivity index (χ4n) is 1.65. The molecule has 0 amide bonds. The number of rotatable bonds is 4. The zero-order chi connectivity index (χ0) is 13.8. The van der Waals surface area contributed by atoms with E-state index < -0.39 is 0 Å². The molecule has 0 radical (unpaired) electrons. The molecule has 1 heterocycles. The molecule has 0 unspecified atom stereocenters. The summed E-state index contributed by atoms with van der Waals surface area (Å²) in [4.78, 5) is 8.30. The van der Waals surface area contributed by atoms with E-state index in [1.165, 1.54) is 6.07 Å². The third-order valence-corrected chi connectivity index (χ3v) is 2.67. The zero-order valence-corrected chi connectivity index (χ0v) is 10.8. The number of nitrogen functional groups attached to an aromatic ring is 1. The Kier molecular flexibility index (Phi) is 3.91. The molecule has 0 saturated heterocycles. The van der Waals surface area contributed by atoms with Crippen molar-refractivity contribution in [1.29, 1.82) is 0 Å². The van der Waals surface area contributed by atoms with Crippen molar-refractivity contribution in [3.8, 4) is 5.88 Å². The van der Waals surface area contributed by atoms with Crippen molar-refractivity contribution in [3.63, 3.8) is 0 Å². The Morgan fingerprint density at radius 3 is 2.68 bits per heavy atom. The maximum Gasteiger partial charge on any atom is 0.222 e. The Morgan fingerprint density at radius 2 is 2.00 bits per heavy atom. The topological polar surface area (TPSA) is 73.1 Å². The van der Waals surface area contributed by atoms with Gasteiger partial charge in [0, 0.05) is 5.56 Å². The number of ether oxygens (including phenoxy) is 1. The van der Waals surface area contributed by atoms with Crippen LogP contribution < -0.4 is 16.0 Å². The van der Waals surface area contributed by atoms with Gasteiger partial charge in [-0.15, -0.1) is 0 Å². The van der Waals surface area contributed by atoms with E-state index in [9.17, 15) is 4.39 Å². The quantitative estimate of drug-likeness (QED) is 0.652. The first-order chi connectivity index (χ1) is 9.11. The van der Waals surface area contributed by atoms with Crippen molar-refractivity contribution in [1.82, 2.24) is 9.97 Å². The molecular formula is C13H15FN4O. The number of nitrogens with one attached hydrogen (secondary N) is 1. The second-order valence-electron chi connectivity index (χ2n) is 4.07. The molecular weight excluding hydrogens is 247 g/mol. The molecule has 0 saturated carbocycles. The van der Waals surface area contributed by atoms with Crippen molar-refractivity contribution in [2.45, 2.75) is 20.5 Å². The van der Waals surface area contributed by atoms with Crippen molar-refractivity contribution in [3.05, 3.63) is 47.0 Å². The third kappa shape index (κ3) is 2.97. The Morgan fingerprint density at radius 1 is 1.26 bits per heavy atom. The summed E-state index contributed by atoms with van der Waals surface area (Å²) in [5.74, 6) is 6.48. The van der Waals surface area contributed by atoms with Gasteiger partial charge in [-0.3, -0.25) is 0 Å². The molecule has 0 fully saturated rings. The summed E-state index contributed by atoms with van der Waals surface area (Å²) in [6, 6.07) is 6.45. The van der Waals surface area contributed by atoms with Crippen LogP contribution in [0.15, 0.2) is 24.3 Å². The molecule has 3 N–H and O–H groups in total. The number of halogens is 1. The van der Waals surface area contributed by atoms with Crippen LogP contribution in [0.4, 0.5) is 10.2 Å². The lowest BCUT2D eigenvalue weighted by Gasteiger charge is -2.12. The molecule has 100 valence electrons. The molecule has 5 nitrogen and oxygen atoms in total.